The first kappa shape index (κ1) is 12.2. The van der Waals surface area contributed by atoms with E-state index in [9.17, 15) is 0 Å². The smallest absolute Gasteiger partial charge is 0.260 e. The molecule has 1 aliphatic heterocycles. The lowest BCUT2D eigenvalue weighted by Gasteiger charge is -2.05. The fourth-order valence-electron chi connectivity index (χ4n) is 1.61. The van der Waals surface area contributed by atoms with Crippen LogP contribution in [-0.4, -0.2) is 18.6 Å². The Bertz CT molecular complexity index is 527. The zero-order valence-corrected chi connectivity index (χ0v) is 10.3. The summed E-state index contributed by atoms with van der Waals surface area (Å²) in [6.07, 6.45) is -0.605. The van der Waals surface area contributed by atoms with Crippen molar-refractivity contribution in [3.8, 4) is 6.07 Å². The minimum atomic E-state index is -1.37. The third kappa shape index (κ3) is 1.87. The fraction of sp³-hybridized carbons (Fsp3) is 0.273. The van der Waals surface area contributed by atoms with E-state index in [4.69, 9.17) is 43.3 Å². The van der Waals surface area contributed by atoms with Crippen LogP contribution in [0.1, 0.15) is 11.7 Å². The third-order valence-electron chi connectivity index (χ3n) is 2.56. The van der Waals surface area contributed by atoms with Crippen LogP contribution < -0.4 is 0 Å². The molecule has 1 aromatic rings. The van der Waals surface area contributed by atoms with Crippen molar-refractivity contribution in [1.29, 1.82) is 10.7 Å². The van der Waals surface area contributed by atoms with Gasteiger partial charge in [0.15, 0.2) is 0 Å². The van der Waals surface area contributed by atoms with E-state index in [2.05, 4.69) is 0 Å². The molecular formula is C11H8Cl2N2O2. The number of epoxide rings is 1. The predicted molar refractivity (Wildman–Crippen MR) is 63.4 cm³/mol. The number of nitrogens with zero attached hydrogens (tertiary/aromatic N) is 1. The number of hydrogen-bond donors (Lipinski definition) is 1. The van der Waals surface area contributed by atoms with E-state index in [0.29, 0.717) is 15.6 Å². The largest absolute Gasteiger partial charge is 0.482 e. The maximum Gasteiger partial charge on any atom is 0.260 e. The normalized spacial score (nSPS) is 26.1. The molecule has 2 rings (SSSR count). The summed E-state index contributed by atoms with van der Waals surface area (Å²) in [6, 6.07) is 6.82. The lowest BCUT2D eigenvalue weighted by Crippen LogP contribution is -2.24. The number of methoxy groups -OCH3 is 1. The second-order valence-corrected chi connectivity index (χ2v) is 4.39. The standard InChI is InChI=1S/C11H8Cl2N2O2/c1-16-10(15)11(5-14)9(17-11)7-4-6(12)2-3-8(7)13/h2-4,9,15H,1H3/t9-,11+/m1/s1. The molecule has 0 radical (unpaired) electrons. The van der Waals surface area contributed by atoms with Gasteiger partial charge in [-0.25, -0.2) is 0 Å². The number of halogens is 2. The summed E-state index contributed by atoms with van der Waals surface area (Å²) in [7, 11) is 1.32. The van der Waals surface area contributed by atoms with Gasteiger partial charge in [0.1, 0.15) is 12.2 Å². The van der Waals surface area contributed by atoms with E-state index in [1.54, 1.807) is 18.2 Å². The fourth-order valence-corrected chi connectivity index (χ4v) is 2.01. The number of ether oxygens (including phenoxy) is 2. The van der Waals surface area contributed by atoms with Crippen LogP contribution in [0.4, 0.5) is 0 Å². The second kappa shape index (κ2) is 4.19. The predicted octanol–water partition coefficient (Wildman–Crippen LogP) is 2.95. The van der Waals surface area contributed by atoms with Crippen molar-refractivity contribution in [2.45, 2.75) is 11.7 Å². The second-order valence-electron chi connectivity index (χ2n) is 3.54. The molecule has 6 heteroatoms. The molecule has 1 heterocycles. The lowest BCUT2D eigenvalue weighted by atomic mass is 10.0. The topological polar surface area (TPSA) is 69.4 Å². The molecule has 1 saturated heterocycles. The first-order chi connectivity index (χ1) is 8.05. The monoisotopic (exact) mass is 270 g/mol. The lowest BCUT2D eigenvalue weighted by molar-refractivity contribution is 0.318. The molecule has 0 saturated carbocycles. The van der Waals surface area contributed by atoms with Gasteiger partial charge in [-0.1, -0.05) is 23.2 Å². The third-order valence-corrected chi connectivity index (χ3v) is 3.14. The Balaban J connectivity index is 2.37. The van der Waals surface area contributed by atoms with E-state index in [0.717, 1.165) is 0 Å². The summed E-state index contributed by atoms with van der Waals surface area (Å²) in [4.78, 5) is 0. The average molecular weight is 271 g/mol. The minimum absolute atomic E-state index is 0.235. The van der Waals surface area contributed by atoms with E-state index in [-0.39, 0.29) is 5.90 Å². The summed E-state index contributed by atoms with van der Waals surface area (Å²) >= 11 is 11.9. The van der Waals surface area contributed by atoms with Gasteiger partial charge in [0.2, 0.25) is 5.90 Å². The van der Waals surface area contributed by atoms with Gasteiger partial charge in [0.05, 0.1) is 7.11 Å². The molecule has 0 amide bonds. The van der Waals surface area contributed by atoms with Crippen molar-refractivity contribution < 1.29 is 9.47 Å². The van der Waals surface area contributed by atoms with E-state index in [1.807, 2.05) is 6.07 Å². The van der Waals surface area contributed by atoms with Gasteiger partial charge in [-0.3, -0.25) is 5.41 Å². The van der Waals surface area contributed by atoms with Crippen LogP contribution in [-0.2, 0) is 9.47 Å². The van der Waals surface area contributed by atoms with Crippen LogP contribution in [0.5, 0.6) is 0 Å². The van der Waals surface area contributed by atoms with Crippen molar-refractivity contribution in [3.63, 3.8) is 0 Å². The van der Waals surface area contributed by atoms with Gasteiger partial charge in [-0.15, -0.1) is 0 Å². The van der Waals surface area contributed by atoms with Crippen LogP contribution in [0, 0.1) is 16.7 Å². The summed E-state index contributed by atoms with van der Waals surface area (Å²) < 4.78 is 10.0. The van der Waals surface area contributed by atoms with Gasteiger partial charge in [-0.05, 0) is 18.2 Å². The summed E-state index contributed by atoms with van der Waals surface area (Å²) in [6.45, 7) is 0. The molecular weight excluding hydrogens is 263 g/mol. The Labute approximate surface area is 108 Å². The van der Waals surface area contributed by atoms with E-state index < -0.39 is 11.7 Å². The van der Waals surface area contributed by atoms with Gasteiger partial charge in [0.25, 0.3) is 5.60 Å². The zero-order valence-electron chi connectivity index (χ0n) is 8.83. The molecule has 0 aliphatic carbocycles. The maximum atomic E-state index is 9.08. The average Bonchev–Trinajstić information content (AvgIpc) is 3.07. The molecule has 2 atom stereocenters. The SMILES string of the molecule is COC(=N)[C@@]1(C#N)O[C@@H]1c1cc(Cl)ccc1Cl. The van der Waals surface area contributed by atoms with Crippen molar-refractivity contribution in [2.24, 2.45) is 0 Å². The Hall–Kier alpha value is -1.28. The zero-order chi connectivity index (χ0) is 12.6. The molecule has 0 bridgehead atoms. The summed E-state index contributed by atoms with van der Waals surface area (Å²) in [5.41, 5.74) is -0.786. The number of nitriles is 1. The summed E-state index contributed by atoms with van der Waals surface area (Å²) in [5, 5.41) is 17.6. The van der Waals surface area contributed by atoms with Crippen LogP contribution >= 0.6 is 23.2 Å². The van der Waals surface area contributed by atoms with Crippen molar-refractivity contribution in [1.82, 2.24) is 0 Å². The number of benzene rings is 1. The molecule has 0 unspecified atom stereocenters. The first-order valence-corrected chi connectivity index (χ1v) is 5.48. The van der Waals surface area contributed by atoms with Crippen LogP contribution in [0.3, 0.4) is 0 Å². The quantitative estimate of drug-likeness (QED) is 0.510. The number of nitrogens with one attached hydrogen (secondary N) is 1. The summed E-state index contributed by atoms with van der Waals surface area (Å²) in [5.74, 6) is -0.235. The molecule has 0 spiro atoms. The Morgan fingerprint density at radius 1 is 1.59 bits per heavy atom. The molecule has 0 aromatic heterocycles. The Kier molecular flexibility index (Phi) is 3.00. The minimum Gasteiger partial charge on any atom is -0.482 e. The molecule has 1 aliphatic rings. The van der Waals surface area contributed by atoms with Gasteiger partial charge >= 0.3 is 0 Å². The van der Waals surface area contributed by atoms with Crippen LogP contribution in [0.15, 0.2) is 18.2 Å². The van der Waals surface area contributed by atoms with Crippen molar-refractivity contribution in [2.75, 3.05) is 7.11 Å². The highest BCUT2D eigenvalue weighted by molar-refractivity contribution is 6.33. The van der Waals surface area contributed by atoms with E-state index in [1.165, 1.54) is 7.11 Å². The van der Waals surface area contributed by atoms with Gasteiger partial charge in [0, 0.05) is 15.6 Å². The van der Waals surface area contributed by atoms with Crippen LogP contribution in [0.2, 0.25) is 10.0 Å². The van der Waals surface area contributed by atoms with Crippen molar-refractivity contribution in [3.05, 3.63) is 33.8 Å². The highest BCUT2D eigenvalue weighted by Crippen LogP contribution is 2.52. The molecule has 88 valence electrons. The van der Waals surface area contributed by atoms with Crippen LogP contribution in [0.25, 0.3) is 0 Å². The van der Waals surface area contributed by atoms with Gasteiger partial charge in [-0.2, -0.15) is 5.26 Å². The maximum absolute atomic E-state index is 9.08. The Morgan fingerprint density at radius 2 is 2.29 bits per heavy atom. The molecule has 17 heavy (non-hydrogen) atoms. The highest BCUT2D eigenvalue weighted by atomic mass is 35.5. The number of rotatable bonds is 2. The van der Waals surface area contributed by atoms with E-state index >= 15 is 0 Å². The molecule has 4 nitrogen and oxygen atoms in total. The van der Waals surface area contributed by atoms with Gasteiger partial charge < -0.3 is 9.47 Å². The molecule has 1 fully saturated rings. The van der Waals surface area contributed by atoms with Crippen molar-refractivity contribution >= 4 is 29.1 Å². The Morgan fingerprint density at radius 3 is 2.88 bits per heavy atom. The first-order valence-electron chi connectivity index (χ1n) is 4.72. The number of hydrogen-bond acceptors (Lipinski definition) is 4. The molecule has 1 N–H and O–H groups in total. The molecule has 1 aromatic carbocycles. The highest BCUT2D eigenvalue weighted by Gasteiger charge is 2.64.